The Balaban J connectivity index is 1.70. The summed E-state index contributed by atoms with van der Waals surface area (Å²) in [6, 6.07) is 3.87. The van der Waals surface area contributed by atoms with Crippen LogP contribution >= 0.6 is 0 Å². The van der Waals surface area contributed by atoms with Gasteiger partial charge in [0.05, 0.1) is 4.90 Å². The van der Waals surface area contributed by atoms with Gasteiger partial charge in [0.25, 0.3) is 0 Å². The quantitative estimate of drug-likeness (QED) is 0.661. The molecule has 0 N–H and O–H groups in total. The third-order valence-corrected chi connectivity index (χ3v) is 7.04. The predicted octanol–water partition coefficient (Wildman–Crippen LogP) is 1.63. The molecule has 1 aliphatic carbocycles. The fraction of sp³-hybridized carbons (Fsp3) is 0.700. The highest BCUT2D eigenvalue weighted by Crippen LogP contribution is 2.31. The van der Waals surface area contributed by atoms with Gasteiger partial charge in [-0.2, -0.15) is 0 Å². The number of hydrogen-bond acceptors (Lipinski definition) is 7. The third-order valence-electron chi connectivity index (χ3n) is 5.95. The number of piperazine rings is 1. The molecule has 156 valence electrons. The lowest BCUT2D eigenvalue weighted by Crippen LogP contribution is -2.57. The van der Waals surface area contributed by atoms with E-state index in [1.165, 1.54) is 12.3 Å². The van der Waals surface area contributed by atoms with Crippen LogP contribution in [0, 0.1) is 5.92 Å². The highest BCUT2D eigenvalue weighted by molar-refractivity contribution is 7.90. The Kier molecular flexibility index (Phi) is 6.73. The van der Waals surface area contributed by atoms with Crippen molar-refractivity contribution < 1.29 is 17.9 Å². The van der Waals surface area contributed by atoms with Crippen molar-refractivity contribution in [3.8, 4) is 5.88 Å². The van der Waals surface area contributed by atoms with Crippen LogP contribution in [0.5, 0.6) is 5.88 Å². The minimum atomic E-state index is -3.27. The fourth-order valence-corrected chi connectivity index (χ4v) is 4.75. The van der Waals surface area contributed by atoms with E-state index in [4.69, 9.17) is 4.74 Å². The number of ether oxygens (including phenoxy) is 1. The van der Waals surface area contributed by atoms with Gasteiger partial charge in [0.2, 0.25) is 5.88 Å². The van der Waals surface area contributed by atoms with E-state index in [0.717, 1.165) is 58.0 Å². The molecular weight excluding hydrogens is 378 g/mol. The van der Waals surface area contributed by atoms with Crippen LogP contribution in [0.4, 0.5) is 0 Å². The third kappa shape index (κ3) is 5.10. The largest absolute Gasteiger partial charge is 0.473 e. The molecule has 2 aliphatic rings. The van der Waals surface area contributed by atoms with Crippen molar-refractivity contribution in [2.24, 2.45) is 5.92 Å². The van der Waals surface area contributed by atoms with E-state index < -0.39 is 9.84 Å². The van der Waals surface area contributed by atoms with Gasteiger partial charge in [0, 0.05) is 62.7 Å². The van der Waals surface area contributed by atoms with Gasteiger partial charge >= 0.3 is 0 Å². The van der Waals surface area contributed by atoms with Crippen LogP contribution in [0.25, 0.3) is 0 Å². The SMILES string of the molecule is CC(C)N1CCN(C2CC(C=O)CCC2Oc2ccc(S(C)(=O)=O)cn2)CC1. The van der Waals surface area contributed by atoms with Crippen LogP contribution in [0.15, 0.2) is 23.2 Å². The minimum Gasteiger partial charge on any atom is -0.473 e. The van der Waals surface area contributed by atoms with Gasteiger partial charge in [0.1, 0.15) is 12.4 Å². The maximum Gasteiger partial charge on any atom is 0.213 e. The fourth-order valence-electron chi connectivity index (χ4n) is 4.19. The Morgan fingerprint density at radius 1 is 1.18 bits per heavy atom. The summed E-state index contributed by atoms with van der Waals surface area (Å²) in [5, 5.41) is 0. The molecule has 0 bridgehead atoms. The van der Waals surface area contributed by atoms with Crippen LogP contribution < -0.4 is 4.74 Å². The summed E-state index contributed by atoms with van der Waals surface area (Å²) in [4.78, 5) is 20.7. The molecule has 1 aliphatic heterocycles. The van der Waals surface area contributed by atoms with Gasteiger partial charge in [-0.1, -0.05) is 0 Å². The molecule has 2 heterocycles. The molecule has 3 rings (SSSR count). The lowest BCUT2D eigenvalue weighted by molar-refractivity contribution is -0.114. The Labute approximate surface area is 168 Å². The molecule has 3 unspecified atom stereocenters. The smallest absolute Gasteiger partial charge is 0.213 e. The van der Waals surface area contributed by atoms with Crippen LogP contribution in [-0.4, -0.2) is 80.1 Å². The Morgan fingerprint density at radius 2 is 1.89 bits per heavy atom. The molecule has 0 spiro atoms. The summed E-state index contributed by atoms with van der Waals surface area (Å²) in [5.74, 6) is 0.515. The zero-order chi connectivity index (χ0) is 20.3. The van der Waals surface area contributed by atoms with E-state index in [1.54, 1.807) is 6.07 Å². The maximum absolute atomic E-state index is 11.6. The number of aromatic nitrogens is 1. The monoisotopic (exact) mass is 409 g/mol. The summed E-state index contributed by atoms with van der Waals surface area (Å²) < 4.78 is 29.4. The van der Waals surface area contributed by atoms with Gasteiger partial charge in [0.15, 0.2) is 9.84 Å². The zero-order valence-electron chi connectivity index (χ0n) is 17.0. The number of rotatable bonds is 6. The van der Waals surface area contributed by atoms with Crippen molar-refractivity contribution in [3.63, 3.8) is 0 Å². The number of sulfone groups is 1. The van der Waals surface area contributed by atoms with Crippen molar-refractivity contribution in [2.45, 2.75) is 56.2 Å². The molecule has 0 radical (unpaired) electrons. The average molecular weight is 410 g/mol. The molecule has 8 heteroatoms. The first-order chi connectivity index (χ1) is 13.3. The normalized spacial score (nSPS) is 27.6. The molecule has 1 saturated carbocycles. The lowest BCUT2D eigenvalue weighted by Gasteiger charge is -2.45. The summed E-state index contributed by atoms with van der Waals surface area (Å²) in [6.45, 7) is 8.41. The maximum atomic E-state index is 11.6. The van der Waals surface area contributed by atoms with Crippen molar-refractivity contribution in [1.82, 2.24) is 14.8 Å². The number of carbonyl (C=O) groups is 1. The van der Waals surface area contributed by atoms with Gasteiger partial charge in [-0.05, 0) is 39.2 Å². The first-order valence-electron chi connectivity index (χ1n) is 10.0. The van der Waals surface area contributed by atoms with E-state index in [2.05, 4.69) is 28.6 Å². The summed E-state index contributed by atoms with van der Waals surface area (Å²) >= 11 is 0. The van der Waals surface area contributed by atoms with Gasteiger partial charge < -0.3 is 9.53 Å². The highest BCUT2D eigenvalue weighted by Gasteiger charge is 2.37. The van der Waals surface area contributed by atoms with Crippen molar-refractivity contribution in [1.29, 1.82) is 0 Å². The Morgan fingerprint density at radius 3 is 2.43 bits per heavy atom. The number of hydrogen-bond donors (Lipinski definition) is 0. The zero-order valence-corrected chi connectivity index (χ0v) is 17.8. The number of aldehydes is 1. The first kappa shape index (κ1) is 21.2. The van der Waals surface area contributed by atoms with E-state index in [0.29, 0.717) is 11.9 Å². The summed E-state index contributed by atoms with van der Waals surface area (Å²) in [5.41, 5.74) is 0. The molecule has 1 aromatic rings. The van der Waals surface area contributed by atoms with Crippen LogP contribution in [-0.2, 0) is 14.6 Å². The van der Waals surface area contributed by atoms with Crippen molar-refractivity contribution in [3.05, 3.63) is 18.3 Å². The molecule has 28 heavy (non-hydrogen) atoms. The standard InChI is InChI=1S/C20H31N3O4S/c1-15(2)22-8-10-23(11-9-22)18-12-16(14-24)4-6-19(18)27-20-7-5-17(13-21-20)28(3,25)26/h5,7,13-16,18-19H,4,6,8-12H2,1-3H3. The Hall–Kier alpha value is -1.51. The number of nitrogens with zero attached hydrogens (tertiary/aromatic N) is 3. The van der Waals surface area contributed by atoms with Gasteiger partial charge in [-0.25, -0.2) is 13.4 Å². The molecule has 0 amide bonds. The molecule has 7 nitrogen and oxygen atoms in total. The second kappa shape index (κ2) is 8.88. The van der Waals surface area contributed by atoms with Gasteiger partial charge in [-0.3, -0.25) is 9.80 Å². The van der Waals surface area contributed by atoms with E-state index in [1.807, 2.05) is 0 Å². The highest BCUT2D eigenvalue weighted by atomic mass is 32.2. The van der Waals surface area contributed by atoms with Crippen LogP contribution in [0.1, 0.15) is 33.1 Å². The second-order valence-electron chi connectivity index (χ2n) is 8.20. The van der Waals surface area contributed by atoms with Crippen LogP contribution in [0.2, 0.25) is 0 Å². The summed E-state index contributed by atoms with van der Waals surface area (Å²) in [7, 11) is -3.27. The average Bonchev–Trinajstić information content (AvgIpc) is 2.68. The lowest BCUT2D eigenvalue weighted by atomic mass is 9.83. The van der Waals surface area contributed by atoms with E-state index in [-0.39, 0.29) is 23.0 Å². The minimum absolute atomic E-state index is 0.0432. The predicted molar refractivity (Wildman–Crippen MR) is 107 cm³/mol. The molecule has 1 aromatic heterocycles. The molecule has 3 atom stereocenters. The van der Waals surface area contributed by atoms with Crippen molar-refractivity contribution in [2.75, 3.05) is 32.4 Å². The Bertz CT molecular complexity index is 758. The molecular formula is C20H31N3O4S. The summed E-state index contributed by atoms with van der Waals surface area (Å²) in [6.07, 6.45) is 5.96. The van der Waals surface area contributed by atoms with Crippen LogP contribution in [0.3, 0.4) is 0 Å². The second-order valence-corrected chi connectivity index (χ2v) is 10.2. The molecule has 0 aromatic carbocycles. The van der Waals surface area contributed by atoms with Gasteiger partial charge in [-0.15, -0.1) is 0 Å². The first-order valence-corrected chi connectivity index (χ1v) is 11.9. The molecule has 2 fully saturated rings. The van der Waals surface area contributed by atoms with E-state index >= 15 is 0 Å². The molecule has 1 saturated heterocycles. The number of carbonyl (C=O) groups excluding carboxylic acids is 1. The number of pyridine rings is 1. The van der Waals surface area contributed by atoms with E-state index in [9.17, 15) is 13.2 Å². The topological polar surface area (TPSA) is 79.8 Å². The van der Waals surface area contributed by atoms with Crippen molar-refractivity contribution >= 4 is 16.1 Å².